The molecule has 0 radical (unpaired) electrons. The highest BCUT2D eigenvalue weighted by Crippen LogP contribution is 2.32. The molecule has 0 amide bonds. The van der Waals surface area contributed by atoms with E-state index in [1.807, 2.05) is 36.4 Å². The van der Waals surface area contributed by atoms with Crippen molar-refractivity contribution < 1.29 is 0 Å². The first kappa shape index (κ1) is 12.5. The number of benzene rings is 2. The fourth-order valence-electron chi connectivity index (χ4n) is 1.73. The molecular formula is C13H12N6S. The Morgan fingerprint density at radius 2 is 1.80 bits per heavy atom. The van der Waals surface area contributed by atoms with Crippen LogP contribution in [0.1, 0.15) is 0 Å². The average molecular weight is 284 g/mol. The zero-order valence-corrected chi connectivity index (χ0v) is 11.3. The van der Waals surface area contributed by atoms with Gasteiger partial charge in [-0.1, -0.05) is 18.2 Å². The molecule has 7 heteroatoms. The largest absolute Gasteiger partial charge is 0.399 e. The number of tetrazole rings is 1. The lowest BCUT2D eigenvalue weighted by molar-refractivity contribution is 0.756. The number of hydrogen-bond donors (Lipinski definition) is 2. The molecule has 0 unspecified atom stereocenters. The number of hydrogen-bond acceptors (Lipinski definition) is 6. The molecule has 0 aliphatic rings. The van der Waals surface area contributed by atoms with Gasteiger partial charge in [0.15, 0.2) is 0 Å². The van der Waals surface area contributed by atoms with Gasteiger partial charge in [-0.3, -0.25) is 0 Å². The first-order chi connectivity index (χ1) is 9.74. The van der Waals surface area contributed by atoms with Gasteiger partial charge >= 0.3 is 0 Å². The smallest absolute Gasteiger partial charge is 0.218 e. The summed E-state index contributed by atoms with van der Waals surface area (Å²) in [7, 11) is 0. The van der Waals surface area contributed by atoms with Crippen LogP contribution >= 0.6 is 11.8 Å². The Labute approximate surface area is 119 Å². The lowest BCUT2D eigenvalue weighted by atomic mass is 10.3. The topological polar surface area (TPSA) is 95.6 Å². The van der Waals surface area contributed by atoms with Gasteiger partial charge in [0.05, 0.1) is 5.69 Å². The van der Waals surface area contributed by atoms with Crippen molar-refractivity contribution in [2.24, 2.45) is 0 Å². The molecule has 0 saturated heterocycles. The van der Waals surface area contributed by atoms with Crippen LogP contribution in [-0.4, -0.2) is 20.2 Å². The summed E-state index contributed by atoms with van der Waals surface area (Å²) in [6.45, 7) is 0. The number of nitrogens with zero attached hydrogens (tertiary/aromatic N) is 4. The first-order valence-electron chi connectivity index (χ1n) is 5.91. The number of aromatic nitrogens is 4. The van der Waals surface area contributed by atoms with Gasteiger partial charge in [-0.15, -0.1) is 5.10 Å². The van der Waals surface area contributed by atoms with Gasteiger partial charge in [-0.05, 0) is 52.5 Å². The minimum absolute atomic E-state index is 0.609. The molecule has 3 aromatic rings. The van der Waals surface area contributed by atoms with Crippen LogP contribution in [0.3, 0.4) is 0 Å². The van der Waals surface area contributed by atoms with Crippen molar-refractivity contribution in [2.45, 2.75) is 10.1 Å². The molecule has 1 heterocycles. The van der Waals surface area contributed by atoms with Crippen molar-refractivity contribution in [3.63, 3.8) is 0 Å². The van der Waals surface area contributed by atoms with Crippen molar-refractivity contribution in [1.29, 1.82) is 0 Å². The molecule has 0 bridgehead atoms. The van der Waals surface area contributed by atoms with E-state index in [0.717, 1.165) is 10.6 Å². The third kappa shape index (κ3) is 2.43. The highest BCUT2D eigenvalue weighted by molar-refractivity contribution is 7.99. The first-order valence-corrected chi connectivity index (χ1v) is 6.72. The second-order valence-electron chi connectivity index (χ2n) is 4.11. The van der Waals surface area contributed by atoms with E-state index in [1.165, 1.54) is 11.8 Å². The van der Waals surface area contributed by atoms with Crippen LogP contribution in [0.2, 0.25) is 0 Å². The van der Waals surface area contributed by atoms with Crippen molar-refractivity contribution in [2.75, 3.05) is 11.5 Å². The van der Waals surface area contributed by atoms with Crippen LogP contribution in [0.4, 0.5) is 11.4 Å². The minimum Gasteiger partial charge on any atom is -0.399 e. The van der Waals surface area contributed by atoms with E-state index >= 15 is 0 Å². The summed E-state index contributed by atoms with van der Waals surface area (Å²) in [5.41, 5.74) is 13.8. The molecule has 0 aliphatic heterocycles. The van der Waals surface area contributed by atoms with Crippen molar-refractivity contribution in [1.82, 2.24) is 20.2 Å². The molecular weight excluding hydrogens is 272 g/mol. The molecule has 20 heavy (non-hydrogen) atoms. The third-order valence-electron chi connectivity index (χ3n) is 2.68. The Kier molecular flexibility index (Phi) is 3.26. The minimum atomic E-state index is 0.609. The summed E-state index contributed by atoms with van der Waals surface area (Å²) in [4.78, 5) is 0.867. The summed E-state index contributed by atoms with van der Waals surface area (Å²) >= 11 is 1.40. The van der Waals surface area contributed by atoms with Gasteiger partial charge in [0.1, 0.15) is 0 Å². The number of anilines is 2. The number of nitrogens with two attached hydrogens (primary N) is 2. The number of nitrogen functional groups attached to an aromatic ring is 2. The highest BCUT2D eigenvalue weighted by atomic mass is 32.2. The van der Waals surface area contributed by atoms with Crippen molar-refractivity contribution >= 4 is 23.1 Å². The van der Waals surface area contributed by atoms with Crippen LogP contribution in [0.5, 0.6) is 0 Å². The van der Waals surface area contributed by atoms with Crippen LogP contribution in [-0.2, 0) is 0 Å². The Balaban J connectivity index is 1.95. The number of para-hydroxylation sites is 1. The standard InChI is InChI=1S/C13H12N6S/c14-9-6-7-12(11(15)8-9)20-13-16-17-18-19(13)10-4-2-1-3-5-10/h1-8H,14-15H2. The highest BCUT2D eigenvalue weighted by Gasteiger charge is 2.11. The zero-order chi connectivity index (χ0) is 13.9. The molecule has 0 aliphatic carbocycles. The molecule has 0 spiro atoms. The van der Waals surface area contributed by atoms with E-state index in [9.17, 15) is 0 Å². The summed E-state index contributed by atoms with van der Waals surface area (Å²) in [5.74, 6) is 0. The summed E-state index contributed by atoms with van der Waals surface area (Å²) in [5, 5.41) is 12.4. The van der Waals surface area contributed by atoms with E-state index in [-0.39, 0.29) is 0 Å². The van der Waals surface area contributed by atoms with E-state index in [0.29, 0.717) is 16.5 Å². The van der Waals surface area contributed by atoms with Gasteiger partial charge in [0, 0.05) is 16.3 Å². The van der Waals surface area contributed by atoms with Gasteiger partial charge in [-0.2, -0.15) is 4.68 Å². The van der Waals surface area contributed by atoms with Gasteiger partial charge in [0.25, 0.3) is 0 Å². The third-order valence-corrected chi connectivity index (χ3v) is 3.71. The average Bonchev–Trinajstić information content (AvgIpc) is 2.91. The van der Waals surface area contributed by atoms with Crippen LogP contribution in [0.15, 0.2) is 58.6 Å². The summed E-state index contributed by atoms with van der Waals surface area (Å²) in [6, 6.07) is 15.1. The van der Waals surface area contributed by atoms with E-state index in [4.69, 9.17) is 11.5 Å². The molecule has 100 valence electrons. The lowest BCUT2D eigenvalue weighted by Gasteiger charge is -2.06. The van der Waals surface area contributed by atoms with Crippen LogP contribution in [0.25, 0.3) is 5.69 Å². The fourth-order valence-corrected chi connectivity index (χ4v) is 2.55. The molecule has 2 aromatic carbocycles. The van der Waals surface area contributed by atoms with Crippen LogP contribution in [0, 0.1) is 0 Å². The predicted octanol–water partition coefficient (Wildman–Crippen LogP) is 1.98. The normalized spacial score (nSPS) is 10.6. The SMILES string of the molecule is Nc1ccc(Sc2nnnn2-c2ccccc2)c(N)c1. The number of rotatable bonds is 3. The maximum atomic E-state index is 5.95. The van der Waals surface area contributed by atoms with E-state index in [1.54, 1.807) is 16.8 Å². The zero-order valence-electron chi connectivity index (χ0n) is 10.5. The Morgan fingerprint density at radius 3 is 2.55 bits per heavy atom. The molecule has 0 saturated carbocycles. The Bertz CT molecular complexity index is 725. The van der Waals surface area contributed by atoms with E-state index in [2.05, 4.69) is 15.5 Å². The van der Waals surface area contributed by atoms with Crippen molar-refractivity contribution in [3.8, 4) is 5.69 Å². The van der Waals surface area contributed by atoms with Crippen LogP contribution < -0.4 is 11.5 Å². The molecule has 0 atom stereocenters. The molecule has 3 rings (SSSR count). The van der Waals surface area contributed by atoms with Gasteiger partial charge in [-0.25, -0.2) is 0 Å². The predicted molar refractivity (Wildman–Crippen MR) is 78.5 cm³/mol. The quantitative estimate of drug-likeness (QED) is 0.714. The van der Waals surface area contributed by atoms with E-state index < -0.39 is 0 Å². The Morgan fingerprint density at radius 1 is 1.00 bits per heavy atom. The second-order valence-corrected chi connectivity index (χ2v) is 5.12. The monoisotopic (exact) mass is 284 g/mol. The summed E-state index contributed by atoms with van der Waals surface area (Å²) < 4.78 is 1.67. The lowest BCUT2D eigenvalue weighted by Crippen LogP contribution is -1.99. The van der Waals surface area contributed by atoms with Gasteiger partial charge < -0.3 is 11.5 Å². The molecule has 1 aromatic heterocycles. The maximum Gasteiger partial charge on any atom is 0.218 e. The van der Waals surface area contributed by atoms with Gasteiger partial charge in [0.2, 0.25) is 5.16 Å². The maximum absolute atomic E-state index is 5.95. The second kappa shape index (κ2) is 5.22. The Hall–Kier alpha value is -2.54. The molecule has 4 N–H and O–H groups in total. The fraction of sp³-hybridized carbons (Fsp3) is 0. The molecule has 0 fully saturated rings. The summed E-state index contributed by atoms with van der Waals surface area (Å²) in [6.07, 6.45) is 0. The molecule has 6 nitrogen and oxygen atoms in total. The van der Waals surface area contributed by atoms with Crippen molar-refractivity contribution in [3.05, 3.63) is 48.5 Å².